The molecule has 4 heteroatoms. The lowest BCUT2D eigenvalue weighted by Crippen LogP contribution is -2.20. The molecule has 0 aliphatic carbocycles. The van der Waals surface area contributed by atoms with E-state index in [0.717, 1.165) is 0 Å². The van der Waals surface area contributed by atoms with E-state index in [2.05, 4.69) is 0 Å². The average Bonchev–Trinajstić information content (AvgIpc) is 2.37. The van der Waals surface area contributed by atoms with Crippen LogP contribution in [-0.4, -0.2) is 5.78 Å². The molecule has 2 aromatic carbocycles. The molecule has 2 aromatic rings. The number of hydrogen-bond donors (Lipinski definition) is 0. The van der Waals surface area contributed by atoms with Gasteiger partial charge in [0.05, 0.1) is 12.0 Å². The average molecular weight is 277 g/mol. The fourth-order valence-electron chi connectivity index (χ4n) is 2.22. The summed E-state index contributed by atoms with van der Waals surface area (Å²) in [5.74, 6) is 0.0915. The van der Waals surface area contributed by atoms with E-state index in [-0.39, 0.29) is 12.2 Å². The van der Waals surface area contributed by atoms with Crippen LogP contribution in [0.5, 0.6) is 5.75 Å². The predicted octanol–water partition coefficient (Wildman–Crippen LogP) is 4.19. The van der Waals surface area contributed by atoms with Crippen molar-refractivity contribution in [1.82, 2.24) is 0 Å². The highest BCUT2D eigenvalue weighted by Gasteiger charge is 2.27. The van der Waals surface area contributed by atoms with Gasteiger partial charge in [-0.15, -0.1) is 0 Å². The Bertz CT molecular complexity index is 634. The smallest absolute Gasteiger partial charge is 0.170 e. The van der Waals surface area contributed by atoms with E-state index in [1.807, 2.05) is 0 Å². The zero-order valence-electron chi connectivity index (χ0n) is 9.90. The van der Waals surface area contributed by atoms with Crippen LogP contribution in [-0.2, 0) is 0 Å². The maximum atomic E-state index is 13.4. The monoisotopic (exact) mass is 276 g/mol. The molecule has 96 valence electrons. The third-order valence-electron chi connectivity index (χ3n) is 3.08. The lowest BCUT2D eigenvalue weighted by molar-refractivity contribution is 0.0849. The predicted molar refractivity (Wildman–Crippen MR) is 70.2 cm³/mol. The molecule has 0 saturated carbocycles. The Morgan fingerprint density at radius 2 is 2.00 bits per heavy atom. The van der Waals surface area contributed by atoms with Gasteiger partial charge in [0, 0.05) is 5.02 Å². The van der Waals surface area contributed by atoms with Crippen LogP contribution < -0.4 is 4.74 Å². The van der Waals surface area contributed by atoms with Crippen LogP contribution in [0.2, 0.25) is 5.02 Å². The van der Waals surface area contributed by atoms with Gasteiger partial charge < -0.3 is 4.74 Å². The van der Waals surface area contributed by atoms with Gasteiger partial charge in [0.25, 0.3) is 0 Å². The van der Waals surface area contributed by atoms with Gasteiger partial charge in [-0.25, -0.2) is 4.39 Å². The molecule has 2 nitrogen and oxygen atoms in total. The molecule has 0 fully saturated rings. The molecule has 0 amide bonds. The summed E-state index contributed by atoms with van der Waals surface area (Å²) in [6.45, 7) is 0. The Morgan fingerprint density at radius 1 is 1.21 bits per heavy atom. The minimum absolute atomic E-state index is 0.00719. The summed E-state index contributed by atoms with van der Waals surface area (Å²) in [5.41, 5.74) is 1.15. The molecule has 3 rings (SSSR count). The van der Waals surface area contributed by atoms with E-state index in [0.29, 0.717) is 21.9 Å². The molecule has 0 spiro atoms. The second-order valence-corrected chi connectivity index (χ2v) is 4.87. The highest BCUT2D eigenvalue weighted by atomic mass is 35.5. The highest BCUT2D eigenvalue weighted by Crippen LogP contribution is 2.35. The minimum Gasteiger partial charge on any atom is -0.484 e. The van der Waals surface area contributed by atoms with Gasteiger partial charge in [-0.05, 0) is 35.9 Å². The standard InChI is InChI=1S/C15H10ClFO2/c16-10-5-9(6-11(17)7-10)15-8-13(18)12-3-1-2-4-14(12)19-15/h1-7,15H,8H2. The summed E-state index contributed by atoms with van der Waals surface area (Å²) >= 11 is 5.83. The molecular formula is C15H10ClFO2. The van der Waals surface area contributed by atoms with Crippen LogP contribution in [0.15, 0.2) is 42.5 Å². The van der Waals surface area contributed by atoms with Gasteiger partial charge in [0.1, 0.15) is 17.7 Å². The third kappa shape index (κ3) is 2.34. The summed E-state index contributed by atoms with van der Waals surface area (Å²) < 4.78 is 19.1. The molecule has 0 N–H and O–H groups in total. The number of carbonyl (C=O) groups is 1. The zero-order chi connectivity index (χ0) is 13.4. The van der Waals surface area contributed by atoms with Crippen LogP contribution in [0.25, 0.3) is 0 Å². The number of benzene rings is 2. The normalized spacial score (nSPS) is 17.8. The number of carbonyl (C=O) groups excluding carboxylic acids is 1. The van der Waals surface area contributed by atoms with E-state index in [9.17, 15) is 9.18 Å². The fraction of sp³-hybridized carbons (Fsp3) is 0.133. The lowest BCUT2D eigenvalue weighted by atomic mass is 9.96. The van der Waals surface area contributed by atoms with Gasteiger partial charge in [-0.3, -0.25) is 4.79 Å². The summed E-state index contributed by atoms with van der Waals surface area (Å²) in [6.07, 6.45) is -0.299. The van der Waals surface area contributed by atoms with E-state index in [4.69, 9.17) is 16.3 Å². The van der Waals surface area contributed by atoms with E-state index < -0.39 is 11.9 Å². The van der Waals surface area contributed by atoms with Gasteiger partial charge in [-0.1, -0.05) is 23.7 Å². The second-order valence-electron chi connectivity index (χ2n) is 4.43. The Kier molecular flexibility index (Phi) is 2.99. The number of rotatable bonds is 1. The maximum absolute atomic E-state index is 13.4. The SMILES string of the molecule is O=C1CC(c2cc(F)cc(Cl)c2)Oc2ccccc21. The molecule has 0 aromatic heterocycles. The first-order valence-electron chi connectivity index (χ1n) is 5.88. The number of Topliss-reactive ketones (excluding diaryl/α,β-unsaturated/α-hetero) is 1. The van der Waals surface area contributed by atoms with Crippen molar-refractivity contribution in [2.24, 2.45) is 0 Å². The first-order valence-corrected chi connectivity index (χ1v) is 6.26. The van der Waals surface area contributed by atoms with Gasteiger partial charge in [-0.2, -0.15) is 0 Å². The molecule has 1 heterocycles. The van der Waals surface area contributed by atoms with E-state index in [1.54, 1.807) is 30.3 Å². The number of fused-ring (bicyclic) bond motifs is 1. The first kappa shape index (κ1) is 12.2. The Morgan fingerprint density at radius 3 is 2.79 bits per heavy atom. The van der Waals surface area contributed by atoms with Crippen LogP contribution in [0, 0.1) is 5.82 Å². The minimum atomic E-state index is -0.490. The number of ketones is 1. The third-order valence-corrected chi connectivity index (χ3v) is 3.30. The van der Waals surface area contributed by atoms with Crippen molar-refractivity contribution in [3.63, 3.8) is 0 Å². The number of para-hydroxylation sites is 1. The molecular weight excluding hydrogens is 267 g/mol. The number of hydrogen-bond acceptors (Lipinski definition) is 2. The quantitative estimate of drug-likeness (QED) is 0.781. The summed E-state index contributed by atoms with van der Waals surface area (Å²) in [4.78, 5) is 12.0. The molecule has 1 atom stereocenters. The van der Waals surface area contributed by atoms with Crippen LogP contribution >= 0.6 is 11.6 Å². The van der Waals surface area contributed by atoms with Crippen LogP contribution in [0.3, 0.4) is 0 Å². The van der Waals surface area contributed by atoms with Crippen molar-refractivity contribution in [2.75, 3.05) is 0 Å². The Balaban J connectivity index is 1.99. The molecule has 1 unspecified atom stereocenters. The second kappa shape index (κ2) is 4.67. The molecule has 1 aliphatic rings. The lowest BCUT2D eigenvalue weighted by Gasteiger charge is -2.25. The van der Waals surface area contributed by atoms with Gasteiger partial charge >= 0.3 is 0 Å². The number of halogens is 2. The Hall–Kier alpha value is -1.87. The van der Waals surface area contributed by atoms with E-state index >= 15 is 0 Å². The van der Waals surface area contributed by atoms with Crippen molar-refractivity contribution in [1.29, 1.82) is 0 Å². The molecule has 1 aliphatic heterocycles. The molecule has 19 heavy (non-hydrogen) atoms. The Labute approximate surface area is 114 Å². The van der Waals surface area contributed by atoms with Crippen molar-refractivity contribution in [3.8, 4) is 5.75 Å². The fourth-order valence-corrected chi connectivity index (χ4v) is 2.45. The zero-order valence-corrected chi connectivity index (χ0v) is 10.7. The van der Waals surface area contributed by atoms with Crippen molar-refractivity contribution < 1.29 is 13.9 Å². The summed E-state index contributed by atoms with van der Waals surface area (Å²) in [5, 5.41) is 0.296. The van der Waals surface area contributed by atoms with Gasteiger partial charge in [0.2, 0.25) is 0 Å². The maximum Gasteiger partial charge on any atom is 0.170 e. The van der Waals surface area contributed by atoms with Crippen LogP contribution in [0.1, 0.15) is 28.4 Å². The molecule has 0 saturated heterocycles. The first-order chi connectivity index (χ1) is 9.13. The molecule has 0 bridgehead atoms. The van der Waals surface area contributed by atoms with Crippen LogP contribution in [0.4, 0.5) is 4.39 Å². The van der Waals surface area contributed by atoms with Crippen molar-refractivity contribution >= 4 is 17.4 Å². The van der Waals surface area contributed by atoms with Crippen molar-refractivity contribution in [3.05, 3.63) is 64.4 Å². The largest absolute Gasteiger partial charge is 0.484 e. The highest BCUT2D eigenvalue weighted by molar-refractivity contribution is 6.30. The number of ether oxygens (including phenoxy) is 1. The van der Waals surface area contributed by atoms with Gasteiger partial charge in [0.15, 0.2) is 5.78 Å². The van der Waals surface area contributed by atoms with Crippen molar-refractivity contribution in [2.45, 2.75) is 12.5 Å². The topological polar surface area (TPSA) is 26.3 Å². The van der Waals surface area contributed by atoms with E-state index in [1.165, 1.54) is 12.1 Å². The summed E-state index contributed by atoms with van der Waals surface area (Å²) in [7, 11) is 0. The molecule has 0 radical (unpaired) electrons. The summed E-state index contributed by atoms with van der Waals surface area (Å²) in [6, 6.07) is 11.2.